The molecule has 1 aliphatic rings. The predicted octanol–water partition coefficient (Wildman–Crippen LogP) is 2.33. The number of carboxylic acid groups (broad SMARTS) is 1. The van der Waals surface area contributed by atoms with Gasteiger partial charge in [-0.1, -0.05) is 17.7 Å². The molecule has 6 nitrogen and oxygen atoms in total. The summed E-state index contributed by atoms with van der Waals surface area (Å²) in [5.74, 6) is -2.76. The fraction of sp³-hybridized carbons (Fsp3) is 0.353. The minimum atomic E-state index is -5.08. The van der Waals surface area contributed by atoms with Gasteiger partial charge < -0.3 is 15.0 Å². The van der Waals surface area contributed by atoms with Crippen LogP contribution in [-0.2, 0) is 11.8 Å². The second kappa shape index (κ2) is 8.13. The van der Waals surface area contributed by atoms with Gasteiger partial charge in [-0.25, -0.2) is 9.78 Å². The van der Waals surface area contributed by atoms with Gasteiger partial charge in [-0.15, -0.1) is 0 Å². The molecule has 1 aromatic carbocycles. The number of alkyl halides is 3. The van der Waals surface area contributed by atoms with Crippen molar-refractivity contribution in [3.8, 4) is 0 Å². The molecule has 0 amide bonds. The lowest BCUT2D eigenvalue weighted by Gasteiger charge is -2.15. The number of halogens is 3. The van der Waals surface area contributed by atoms with Gasteiger partial charge in [0.25, 0.3) is 5.56 Å². The summed E-state index contributed by atoms with van der Waals surface area (Å²) in [6, 6.07) is 5.90. The molecule has 2 N–H and O–H groups in total. The van der Waals surface area contributed by atoms with Crippen molar-refractivity contribution in [3.05, 3.63) is 46.0 Å². The summed E-state index contributed by atoms with van der Waals surface area (Å²) in [5.41, 5.74) is 3.31. The molecule has 0 saturated carbocycles. The van der Waals surface area contributed by atoms with Crippen LogP contribution in [0.3, 0.4) is 0 Å². The summed E-state index contributed by atoms with van der Waals surface area (Å²) in [7, 11) is 1.73. The molecule has 0 bridgehead atoms. The predicted molar refractivity (Wildman–Crippen MR) is 90.8 cm³/mol. The molecule has 26 heavy (non-hydrogen) atoms. The number of carboxylic acids is 1. The Morgan fingerprint density at radius 3 is 2.50 bits per heavy atom. The van der Waals surface area contributed by atoms with Gasteiger partial charge >= 0.3 is 12.1 Å². The average molecular weight is 369 g/mol. The Balaban J connectivity index is 0.000000298. The van der Waals surface area contributed by atoms with E-state index in [1.165, 1.54) is 10.1 Å². The van der Waals surface area contributed by atoms with Crippen LogP contribution >= 0.6 is 0 Å². The van der Waals surface area contributed by atoms with Crippen LogP contribution in [0.4, 0.5) is 13.2 Å². The first-order valence-electron chi connectivity index (χ1n) is 7.84. The Labute approximate surface area is 147 Å². The van der Waals surface area contributed by atoms with Gasteiger partial charge in [-0.2, -0.15) is 13.2 Å². The number of hydrogen-bond donors (Lipinski definition) is 2. The number of aryl methyl sites for hydroxylation is 1. The van der Waals surface area contributed by atoms with Gasteiger partial charge in [0.05, 0.1) is 17.2 Å². The first-order valence-corrected chi connectivity index (χ1v) is 7.84. The number of nitrogens with zero attached hydrogens (tertiary/aromatic N) is 2. The van der Waals surface area contributed by atoms with Crippen LogP contribution in [0, 0.1) is 0 Å². The van der Waals surface area contributed by atoms with Crippen molar-refractivity contribution in [2.24, 2.45) is 7.05 Å². The molecule has 9 heteroatoms. The van der Waals surface area contributed by atoms with Crippen molar-refractivity contribution >= 4 is 22.9 Å². The molecule has 1 fully saturated rings. The van der Waals surface area contributed by atoms with Gasteiger partial charge in [0.15, 0.2) is 0 Å². The number of nitrogens with one attached hydrogen (secondary N) is 1. The molecule has 1 aromatic heterocycles. The summed E-state index contributed by atoms with van der Waals surface area (Å²) >= 11 is 0. The Bertz CT molecular complexity index is 880. The number of rotatable bonds is 1. The fourth-order valence-electron chi connectivity index (χ4n) is 2.45. The third-order valence-corrected chi connectivity index (χ3v) is 3.80. The third-order valence-electron chi connectivity index (χ3n) is 3.80. The van der Waals surface area contributed by atoms with Gasteiger partial charge in [0.1, 0.15) is 0 Å². The summed E-state index contributed by atoms with van der Waals surface area (Å²) in [5, 5.41) is 11.2. The number of fused-ring (bicyclic) bond motifs is 1. The van der Waals surface area contributed by atoms with Crippen molar-refractivity contribution in [1.29, 1.82) is 0 Å². The largest absolute Gasteiger partial charge is 0.490 e. The zero-order valence-electron chi connectivity index (χ0n) is 14.0. The van der Waals surface area contributed by atoms with Crippen LogP contribution < -0.4 is 10.9 Å². The number of carbonyl (C=O) groups is 1. The topological polar surface area (TPSA) is 84.2 Å². The average Bonchev–Trinajstić information content (AvgIpc) is 2.59. The van der Waals surface area contributed by atoms with E-state index in [0.717, 1.165) is 37.0 Å². The first-order chi connectivity index (χ1) is 12.2. The monoisotopic (exact) mass is 369 g/mol. The number of aromatic nitrogens is 2. The molecule has 0 aliphatic carbocycles. The lowest BCUT2D eigenvalue weighted by molar-refractivity contribution is -0.192. The van der Waals surface area contributed by atoms with Crippen LogP contribution in [0.25, 0.3) is 17.0 Å². The van der Waals surface area contributed by atoms with Gasteiger partial charge in [-0.05, 0) is 43.6 Å². The van der Waals surface area contributed by atoms with Crippen molar-refractivity contribution in [2.75, 3.05) is 13.1 Å². The normalized spacial score (nSPS) is 14.5. The molecule has 0 radical (unpaired) electrons. The lowest BCUT2D eigenvalue weighted by atomic mass is 10.0. The van der Waals surface area contributed by atoms with E-state index in [1.807, 2.05) is 18.2 Å². The summed E-state index contributed by atoms with van der Waals surface area (Å²) < 4.78 is 33.3. The zero-order chi connectivity index (χ0) is 19.3. The standard InChI is InChI=1S/C15H17N3O.C2HF3O2/c1-18-10-17-14-3-2-12(9-13(14)15(18)19)8-11-4-6-16-7-5-11;3-2(4,5)1(6)7/h2-3,8-10,16H,4-7H2,1H3;(H,6,7). The molecule has 2 aromatic rings. The highest BCUT2D eigenvalue weighted by Crippen LogP contribution is 2.17. The second-order valence-corrected chi connectivity index (χ2v) is 5.79. The second-order valence-electron chi connectivity index (χ2n) is 5.79. The lowest BCUT2D eigenvalue weighted by Crippen LogP contribution is -2.22. The van der Waals surface area contributed by atoms with E-state index in [9.17, 15) is 18.0 Å². The third kappa shape index (κ3) is 5.16. The highest BCUT2D eigenvalue weighted by Gasteiger charge is 2.38. The molecule has 0 spiro atoms. The molecular weight excluding hydrogens is 351 g/mol. The van der Waals surface area contributed by atoms with Crippen LogP contribution in [0.1, 0.15) is 18.4 Å². The fourth-order valence-corrected chi connectivity index (χ4v) is 2.45. The molecule has 3 rings (SSSR count). The van der Waals surface area contributed by atoms with E-state index < -0.39 is 12.1 Å². The van der Waals surface area contributed by atoms with E-state index in [1.54, 1.807) is 13.4 Å². The van der Waals surface area contributed by atoms with Crippen molar-refractivity contribution in [1.82, 2.24) is 14.9 Å². The van der Waals surface area contributed by atoms with Crippen molar-refractivity contribution < 1.29 is 23.1 Å². The maximum atomic E-state index is 12.1. The van der Waals surface area contributed by atoms with Crippen molar-refractivity contribution in [2.45, 2.75) is 19.0 Å². The van der Waals surface area contributed by atoms with Crippen LogP contribution in [0.2, 0.25) is 0 Å². The maximum Gasteiger partial charge on any atom is 0.490 e. The van der Waals surface area contributed by atoms with Gasteiger partial charge in [0.2, 0.25) is 0 Å². The van der Waals surface area contributed by atoms with Crippen LogP contribution in [0.5, 0.6) is 0 Å². The highest BCUT2D eigenvalue weighted by molar-refractivity contribution is 5.80. The quantitative estimate of drug-likeness (QED) is 0.806. The van der Waals surface area contributed by atoms with E-state index in [2.05, 4.69) is 16.4 Å². The summed E-state index contributed by atoms with van der Waals surface area (Å²) in [4.78, 5) is 25.2. The Morgan fingerprint density at radius 1 is 1.31 bits per heavy atom. The zero-order valence-corrected chi connectivity index (χ0v) is 14.0. The van der Waals surface area contributed by atoms with Crippen LogP contribution in [-0.4, -0.2) is 39.9 Å². The van der Waals surface area contributed by atoms with Crippen LogP contribution in [0.15, 0.2) is 34.9 Å². The Kier molecular flexibility index (Phi) is 6.14. The molecule has 1 aliphatic heterocycles. The number of aliphatic carboxylic acids is 1. The SMILES string of the molecule is Cn1cnc2ccc(C=C3CCNCC3)cc2c1=O.O=C(O)C(F)(F)F. The highest BCUT2D eigenvalue weighted by atomic mass is 19.4. The smallest absolute Gasteiger partial charge is 0.475 e. The number of benzene rings is 1. The number of hydrogen-bond acceptors (Lipinski definition) is 4. The summed E-state index contributed by atoms with van der Waals surface area (Å²) in [6.07, 6.45) is 0.856. The van der Waals surface area contributed by atoms with E-state index in [-0.39, 0.29) is 5.56 Å². The Hall–Kier alpha value is -2.68. The minimum Gasteiger partial charge on any atom is -0.475 e. The number of piperidine rings is 1. The molecule has 140 valence electrons. The molecule has 1 saturated heterocycles. The van der Waals surface area contributed by atoms with Gasteiger partial charge in [-0.3, -0.25) is 4.79 Å². The molecule has 0 atom stereocenters. The Morgan fingerprint density at radius 2 is 1.92 bits per heavy atom. The maximum absolute atomic E-state index is 12.1. The molecular formula is C17H18F3N3O3. The van der Waals surface area contributed by atoms with E-state index in [0.29, 0.717) is 5.39 Å². The van der Waals surface area contributed by atoms with E-state index in [4.69, 9.17) is 9.90 Å². The summed E-state index contributed by atoms with van der Waals surface area (Å²) in [6.45, 7) is 2.09. The molecule has 0 unspecified atom stereocenters. The van der Waals surface area contributed by atoms with Gasteiger partial charge in [0, 0.05) is 7.05 Å². The molecule has 2 heterocycles. The van der Waals surface area contributed by atoms with E-state index >= 15 is 0 Å². The van der Waals surface area contributed by atoms with Crippen molar-refractivity contribution in [3.63, 3.8) is 0 Å². The minimum absolute atomic E-state index is 0.00978. The first kappa shape index (κ1) is 19.6.